The summed E-state index contributed by atoms with van der Waals surface area (Å²) < 4.78 is 0. The number of hydrogen-bond acceptors (Lipinski definition) is 4. The third-order valence-corrected chi connectivity index (χ3v) is 5.11. The number of nitrogens with zero attached hydrogens (tertiary/aromatic N) is 3. The summed E-state index contributed by atoms with van der Waals surface area (Å²) in [7, 11) is 2.19. The van der Waals surface area contributed by atoms with Crippen LogP contribution in [0, 0.1) is 17.8 Å². The lowest BCUT2D eigenvalue weighted by Crippen LogP contribution is -2.36. The van der Waals surface area contributed by atoms with Crippen molar-refractivity contribution in [2.45, 2.75) is 31.7 Å². The van der Waals surface area contributed by atoms with Gasteiger partial charge in [-0.25, -0.2) is 9.97 Å². The highest BCUT2D eigenvalue weighted by Crippen LogP contribution is 2.48. The van der Waals surface area contributed by atoms with Gasteiger partial charge >= 0.3 is 0 Å². The molecule has 0 spiro atoms. The lowest BCUT2D eigenvalue weighted by Gasteiger charge is -2.32. The number of aromatic nitrogens is 2. The SMILES string of the molecule is CN(CC1CC2CCC1C2)C(CN)c1ccncn1. The van der Waals surface area contributed by atoms with E-state index in [9.17, 15) is 0 Å². The largest absolute Gasteiger partial charge is 0.329 e. The topological polar surface area (TPSA) is 55.0 Å². The van der Waals surface area contributed by atoms with Crippen LogP contribution < -0.4 is 5.73 Å². The van der Waals surface area contributed by atoms with Gasteiger partial charge in [0.15, 0.2) is 0 Å². The summed E-state index contributed by atoms with van der Waals surface area (Å²) >= 11 is 0. The molecule has 2 saturated carbocycles. The van der Waals surface area contributed by atoms with Crippen molar-refractivity contribution in [3.63, 3.8) is 0 Å². The Balaban J connectivity index is 1.64. The summed E-state index contributed by atoms with van der Waals surface area (Å²) in [5.74, 6) is 2.86. The van der Waals surface area contributed by atoms with Crippen molar-refractivity contribution >= 4 is 0 Å². The monoisotopic (exact) mass is 260 g/mol. The summed E-state index contributed by atoms with van der Waals surface area (Å²) in [6.45, 7) is 1.78. The van der Waals surface area contributed by atoms with Crippen molar-refractivity contribution in [1.82, 2.24) is 14.9 Å². The van der Waals surface area contributed by atoms with E-state index < -0.39 is 0 Å². The molecule has 2 aliphatic rings. The highest BCUT2D eigenvalue weighted by atomic mass is 15.2. The third kappa shape index (κ3) is 2.65. The molecular weight excluding hydrogens is 236 g/mol. The predicted molar refractivity (Wildman–Crippen MR) is 75.4 cm³/mol. The van der Waals surface area contributed by atoms with Crippen LogP contribution in [-0.4, -0.2) is 35.0 Å². The molecular formula is C15H24N4. The number of rotatable bonds is 5. The minimum atomic E-state index is 0.224. The summed E-state index contributed by atoms with van der Waals surface area (Å²) in [6, 6.07) is 2.21. The second kappa shape index (κ2) is 5.55. The van der Waals surface area contributed by atoms with Gasteiger partial charge in [0.2, 0.25) is 0 Å². The Morgan fingerprint density at radius 1 is 1.42 bits per heavy atom. The second-order valence-electron chi connectivity index (χ2n) is 6.26. The molecule has 0 radical (unpaired) electrons. The van der Waals surface area contributed by atoms with Crippen LogP contribution in [0.4, 0.5) is 0 Å². The minimum Gasteiger partial charge on any atom is -0.329 e. The zero-order valence-corrected chi connectivity index (χ0v) is 11.7. The Kier molecular flexibility index (Phi) is 3.80. The van der Waals surface area contributed by atoms with Crippen LogP contribution in [0.3, 0.4) is 0 Å². The van der Waals surface area contributed by atoms with Crippen LogP contribution in [0.1, 0.15) is 37.4 Å². The average molecular weight is 260 g/mol. The molecule has 1 heterocycles. The van der Waals surface area contributed by atoms with Crippen molar-refractivity contribution in [3.8, 4) is 0 Å². The Labute approximate surface area is 115 Å². The van der Waals surface area contributed by atoms with Crippen molar-refractivity contribution in [2.75, 3.05) is 20.1 Å². The maximum atomic E-state index is 5.95. The first-order chi connectivity index (χ1) is 9.28. The first-order valence-electron chi connectivity index (χ1n) is 7.44. The molecule has 4 atom stereocenters. The molecule has 4 heteroatoms. The quantitative estimate of drug-likeness (QED) is 0.877. The first kappa shape index (κ1) is 13.0. The molecule has 104 valence electrons. The fourth-order valence-electron chi connectivity index (χ4n) is 4.12. The van der Waals surface area contributed by atoms with Crippen LogP contribution in [0.25, 0.3) is 0 Å². The van der Waals surface area contributed by atoms with Crippen LogP contribution >= 0.6 is 0 Å². The van der Waals surface area contributed by atoms with Gasteiger partial charge in [0, 0.05) is 19.3 Å². The van der Waals surface area contributed by atoms with E-state index in [-0.39, 0.29) is 6.04 Å². The molecule has 0 aromatic carbocycles. The standard InChI is InChI=1S/C15H24N4/c1-19(9-13-7-11-2-3-12(13)6-11)15(8-16)14-4-5-17-10-18-14/h4-5,10-13,15H,2-3,6-9,16H2,1H3. The van der Waals surface area contributed by atoms with Gasteiger partial charge in [-0.3, -0.25) is 4.90 Å². The zero-order chi connectivity index (χ0) is 13.2. The van der Waals surface area contributed by atoms with Gasteiger partial charge in [-0.1, -0.05) is 6.42 Å². The van der Waals surface area contributed by atoms with Gasteiger partial charge in [0.1, 0.15) is 6.33 Å². The number of nitrogens with two attached hydrogens (primary N) is 1. The molecule has 1 aromatic rings. The molecule has 4 unspecified atom stereocenters. The van der Waals surface area contributed by atoms with Gasteiger partial charge < -0.3 is 5.73 Å². The lowest BCUT2D eigenvalue weighted by atomic mass is 9.88. The van der Waals surface area contributed by atoms with Crippen molar-refractivity contribution < 1.29 is 0 Å². The van der Waals surface area contributed by atoms with E-state index in [1.54, 1.807) is 12.5 Å². The van der Waals surface area contributed by atoms with Crippen molar-refractivity contribution in [3.05, 3.63) is 24.3 Å². The molecule has 2 N–H and O–H groups in total. The van der Waals surface area contributed by atoms with E-state index in [0.717, 1.165) is 30.0 Å². The van der Waals surface area contributed by atoms with Crippen LogP contribution in [0.2, 0.25) is 0 Å². The summed E-state index contributed by atoms with van der Waals surface area (Å²) in [4.78, 5) is 10.7. The molecule has 1 aromatic heterocycles. The van der Waals surface area contributed by atoms with Gasteiger partial charge in [-0.2, -0.15) is 0 Å². The number of hydrogen-bond donors (Lipinski definition) is 1. The Morgan fingerprint density at radius 3 is 2.89 bits per heavy atom. The highest BCUT2D eigenvalue weighted by Gasteiger charge is 2.40. The zero-order valence-electron chi connectivity index (χ0n) is 11.7. The maximum absolute atomic E-state index is 5.95. The third-order valence-electron chi connectivity index (χ3n) is 5.11. The molecule has 19 heavy (non-hydrogen) atoms. The average Bonchev–Trinajstić information content (AvgIpc) is 3.03. The van der Waals surface area contributed by atoms with E-state index in [2.05, 4.69) is 21.9 Å². The smallest absolute Gasteiger partial charge is 0.115 e. The predicted octanol–water partition coefficient (Wildman–Crippen LogP) is 1.84. The summed E-state index contributed by atoms with van der Waals surface area (Å²) in [5, 5.41) is 0. The van der Waals surface area contributed by atoms with Gasteiger partial charge in [0.05, 0.1) is 11.7 Å². The molecule has 4 nitrogen and oxygen atoms in total. The van der Waals surface area contributed by atoms with Gasteiger partial charge in [-0.15, -0.1) is 0 Å². The number of likely N-dealkylation sites (N-methyl/N-ethyl adjacent to an activating group) is 1. The molecule has 0 saturated heterocycles. The van der Waals surface area contributed by atoms with Crippen LogP contribution in [0.5, 0.6) is 0 Å². The maximum Gasteiger partial charge on any atom is 0.115 e. The molecule has 2 bridgehead atoms. The second-order valence-corrected chi connectivity index (χ2v) is 6.26. The van der Waals surface area contributed by atoms with Gasteiger partial charge in [-0.05, 0) is 50.1 Å². The fourth-order valence-corrected chi connectivity index (χ4v) is 4.12. The van der Waals surface area contributed by atoms with Crippen LogP contribution in [0.15, 0.2) is 18.6 Å². The Bertz CT molecular complexity index is 408. The minimum absolute atomic E-state index is 0.224. The van der Waals surface area contributed by atoms with E-state index in [4.69, 9.17) is 5.73 Å². The summed E-state index contributed by atoms with van der Waals surface area (Å²) in [5.41, 5.74) is 7.00. The first-order valence-corrected chi connectivity index (χ1v) is 7.44. The molecule has 3 rings (SSSR count). The van der Waals surface area contributed by atoms with Crippen LogP contribution in [-0.2, 0) is 0 Å². The number of fused-ring (bicyclic) bond motifs is 2. The fraction of sp³-hybridized carbons (Fsp3) is 0.733. The molecule has 0 aliphatic heterocycles. The van der Waals surface area contributed by atoms with E-state index in [0.29, 0.717) is 6.54 Å². The molecule has 2 aliphatic carbocycles. The normalized spacial score (nSPS) is 31.0. The highest BCUT2D eigenvalue weighted by molar-refractivity contribution is 5.06. The molecule has 2 fully saturated rings. The Hall–Kier alpha value is -1.00. The van der Waals surface area contributed by atoms with Gasteiger partial charge in [0.25, 0.3) is 0 Å². The van der Waals surface area contributed by atoms with Crippen molar-refractivity contribution in [1.29, 1.82) is 0 Å². The Morgan fingerprint density at radius 2 is 2.32 bits per heavy atom. The summed E-state index contributed by atoms with van der Waals surface area (Å²) in [6.07, 6.45) is 9.23. The van der Waals surface area contributed by atoms with Crippen molar-refractivity contribution in [2.24, 2.45) is 23.5 Å². The van der Waals surface area contributed by atoms with E-state index in [1.807, 2.05) is 6.07 Å². The molecule has 0 amide bonds. The van der Waals surface area contributed by atoms with E-state index in [1.165, 1.54) is 25.7 Å². The lowest BCUT2D eigenvalue weighted by molar-refractivity contribution is 0.173. The van der Waals surface area contributed by atoms with E-state index >= 15 is 0 Å².